The average molecular weight is 258 g/mol. The summed E-state index contributed by atoms with van der Waals surface area (Å²) >= 11 is 1.34. The molecule has 1 aromatic carbocycles. The molecule has 7 heteroatoms. The van der Waals surface area contributed by atoms with E-state index in [1.807, 2.05) is 24.3 Å². The predicted molar refractivity (Wildman–Crippen MR) is 68.6 cm³/mol. The van der Waals surface area contributed by atoms with Crippen molar-refractivity contribution in [3.05, 3.63) is 36.3 Å². The summed E-state index contributed by atoms with van der Waals surface area (Å²) in [6.07, 6.45) is 1.71. The number of fused-ring (bicyclic) bond motifs is 1. The molecule has 0 aliphatic rings. The number of para-hydroxylation sites is 2. The summed E-state index contributed by atoms with van der Waals surface area (Å²) in [6.45, 7) is 1.79. The van der Waals surface area contributed by atoms with Crippen LogP contribution in [0.1, 0.15) is 5.82 Å². The van der Waals surface area contributed by atoms with E-state index in [4.69, 9.17) is 5.84 Å². The molecule has 2 heterocycles. The van der Waals surface area contributed by atoms with Gasteiger partial charge >= 0.3 is 0 Å². The van der Waals surface area contributed by atoms with Gasteiger partial charge in [-0.25, -0.2) is 9.66 Å². The Morgan fingerprint density at radius 2 is 1.94 bits per heavy atom. The minimum atomic E-state index is 0.595. The van der Waals surface area contributed by atoms with Crippen molar-refractivity contribution in [1.82, 2.24) is 24.8 Å². The number of nitrogens with zero attached hydrogens (tertiary/aromatic N) is 5. The van der Waals surface area contributed by atoms with Gasteiger partial charge in [0.15, 0.2) is 0 Å². The lowest BCUT2D eigenvalue weighted by Crippen LogP contribution is -2.11. The third kappa shape index (κ3) is 1.88. The highest BCUT2D eigenvalue weighted by Gasteiger charge is 2.09. The standard InChI is InChI=1S/C11H10N6S/c1-7-15-16-11(17(7)12)18-10-6-13-8-4-2-3-5-9(8)14-10/h2-6H,12H2,1H3. The van der Waals surface area contributed by atoms with Crippen LogP contribution in [0.2, 0.25) is 0 Å². The van der Waals surface area contributed by atoms with Gasteiger partial charge in [-0.2, -0.15) is 0 Å². The minimum Gasteiger partial charge on any atom is -0.336 e. The zero-order valence-corrected chi connectivity index (χ0v) is 10.4. The molecule has 0 spiro atoms. The number of nitrogen functional groups attached to an aromatic ring is 1. The molecular formula is C11H10N6S. The van der Waals surface area contributed by atoms with Crippen LogP contribution in [0, 0.1) is 6.92 Å². The van der Waals surface area contributed by atoms with E-state index in [1.54, 1.807) is 13.1 Å². The van der Waals surface area contributed by atoms with Crippen LogP contribution in [0.4, 0.5) is 0 Å². The summed E-state index contributed by atoms with van der Waals surface area (Å²) in [4.78, 5) is 8.82. The van der Waals surface area contributed by atoms with Gasteiger partial charge in [0, 0.05) is 0 Å². The fourth-order valence-electron chi connectivity index (χ4n) is 1.50. The van der Waals surface area contributed by atoms with E-state index in [0.717, 1.165) is 16.1 Å². The molecule has 3 aromatic rings. The minimum absolute atomic E-state index is 0.595. The summed E-state index contributed by atoms with van der Waals surface area (Å²) in [5.74, 6) is 6.44. The van der Waals surface area contributed by atoms with Gasteiger partial charge in [0.25, 0.3) is 0 Å². The van der Waals surface area contributed by atoms with E-state index in [0.29, 0.717) is 11.0 Å². The third-order valence-electron chi connectivity index (χ3n) is 2.46. The van der Waals surface area contributed by atoms with E-state index in [-0.39, 0.29) is 0 Å². The lowest BCUT2D eigenvalue weighted by Gasteiger charge is -2.01. The van der Waals surface area contributed by atoms with Crippen molar-refractivity contribution in [3.8, 4) is 0 Å². The van der Waals surface area contributed by atoms with Crippen molar-refractivity contribution in [1.29, 1.82) is 0 Å². The van der Waals surface area contributed by atoms with Crippen LogP contribution in [0.3, 0.4) is 0 Å². The van der Waals surface area contributed by atoms with E-state index >= 15 is 0 Å². The first kappa shape index (κ1) is 11.0. The second-order valence-electron chi connectivity index (χ2n) is 3.70. The van der Waals surface area contributed by atoms with Gasteiger partial charge in [-0.15, -0.1) is 10.2 Å². The average Bonchev–Trinajstić information content (AvgIpc) is 2.71. The van der Waals surface area contributed by atoms with Gasteiger partial charge < -0.3 is 5.84 Å². The number of rotatable bonds is 2. The maximum atomic E-state index is 5.79. The Labute approximate surface area is 107 Å². The molecule has 18 heavy (non-hydrogen) atoms. The second-order valence-corrected chi connectivity index (χ2v) is 4.69. The SMILES string of the molecule is Cc1nnc(Sc2cnc3ccccc3n2)n1N. The summed E-state index contributed by atoms with van der Waals surface area (Å²) < 4.78 is 1.43. The van der Waals surface area contributed by atoms with Crippen LogP contribution >= 0.6 is 11.8 Å². The number of aryl methyl sites for hydroxylation is 1. The Morgan fingerprint density at radius 1 is 1.17 bits per heavy atom. The molecule has 0 saturated carbocycles. The zero-order valence-electron chi connectivity index (χ0n) is 9.61. The lowest BCUT2D eigenvalue weighted by atomic mass is 10.3. The van der Waals surface area contributed by atoms with E-state index in [9.17, 15) is 0 Å². The largest absolute Gasteiger partial charge is 0.336 e. The Morgan fingerprint density at radius 3 is 2.67 bits per heavy atom. The third-order valence-corrected chi connectivity index (χ3v) is 3.32. The van der Waals surface area contributed by atoms with E-state index in [2.05, 4.69) is 20.2 Å². The molecule has 0 fully saturated rings. The summed E-state index contributed by atoms with van der Waals surface area (Å²) in [7, 11) is 0. The van der Waals surface area contributed by atoms with Crippen LogP contribution < -0.4 is 5.84 Å². The Balaban J connectivity index is 1.98. The fourth-order valence-corrected chi connectivity index (χ4v) is 2.25. The molecule has 0 atom stereocenters. The monoisotopic (exact) mass is 258 g/mol. The maximum Gasteiger partial charge on any atom is 0.216 e. The molecule has 2 aromatic heterocycles. The molecule has 2 N–H and O–H groups in total. The highest BCUT2D eigenvalue weighted by Crippen LogP contribution is 2.24. The molecule has 0 saturated heterocycles. The first-order valence-electron chi connectivity index (χ1n) is 5.31. The van der Waals surface area contributed by atoms with Gasteiger partial charge in [-0.1, -0.05) is 12.1 Å². The van der Waals surface area contributed by atoms with Crippen molar-refractivity contribution in [2.24, 2.45) is 0 Å². The molecule has 0 amide bonds. The zero-order chi connectivity index (χ0) is 12.5. The van der Waals surface area contributed by atoms with Crippen molar-refractivity contribution in [3.63, 3.8) is 0 Å². The van der Waals surface area contributed by atoms with Crippen LogP contribution in [0.15, 0.2) is 40.6 Å². The van der Waals surface area contributed by atoms with E-state index in [1.165, 1.54) is 16.4 Å². The number of aromatic nitrogens is 5. The lowest BCUT2D eigenvalue weighted by molar-refractivity contribution is 0.823. The van der Waals surface area contributed by atoms with Crippen molar-refractivity contribution in [2.75, 3.05) is 5.84 Å². The summed E-state index contributed by atoms with van der Waals surface area (Å²) in [6, 6.07) is 7.71. The molecule has 0 aliphatic heterocycles. The van der Waals surface area contributed by atoms with Crippen molar-refractivity contribution >= 4 is 22.8 Å². The van der Waals surface area contributed by atoms with Crippen LogP contribution in [0.5, 0.6) is 0 Å². The van der Waals surface area contributed by atoms with Crippen LogP contribution in [-0.4, -0.2) is 24.8 Å². The topological polar surface area (TPSA) is 82.5 Å². The Hall–Kier alpha value is -2.15. The first-order chi connectivity index (χ1) is 8.74. The fraction of sp³-hybridized carbons (Fsp3) is 0.0909. The van der Waals surface area contributed by atoms with Crippen LogP contribution in [0.25, 0.3) is 11.0 Å². The normalized spacial score (nSPS) is 10.9. The van der Waals surface area contributed by atoms with Crippen molar-refractivity contribution in [2.45, 2.75) is 17.1 Å². The van der Waals surface area contributed by atoms with Crippen molar-refractivity contribution < 1.29 is 0 Å². The molecule has 0 radical (unpaired) electrons. The predicted octanol–water partition coefficient (Wildman–Crippen LogP) is 1.39. The number of nitrogens with two attached hydrogens (primary N) is 1. The Kier molecular flexibility index (Phi) is 2.60. The number of hydrogen-bond donors (Lipinski definition) is 1. The first-order valence-corrected chi connectivity index (χ1v) is 6.12. The van der Waals surface area contributed by atoms with Gasteiger partial charge in [-0.05, 0) is 30.8 Å². The number of benzene rings is 1. The Bertz CT molecular complexity index is 708. The van der Waals surface area contributed by atoms with Crippen LogP contribution in [-0.2, 0) is 0 Å². The van der Waals surface area contributed by atoms with Gasteiger partial charge in [-0.3, -0.25) is 4.98 Å². The quantitative estimate of drug-likeness (QED) is 0.699. The highest BCUT2D eigenvalue weighted by atomic mass is 32.2. The molecular weight excluding hydrogens is 248 g/mol. The molecule has 90 valence electrons. The summed E-state index contributed by atoms with van der Waals surface area (Å²) in [5, 5.41) is 9.21. The second kappa shape index (κ2) is 4.26. The highest BCUT2D eigenvalue weighted by molar-refractivity contribution is 7.99. The molecule has 0 aliphatic carbocycles. The molecule has 0 bridgehead atoms. The molecule has 3 rings (SSSR count). The summed E-state index contributed by atoms with van der Waals surface area (Å²) in [5.41, 5.74) is 1.72. The van der Waals surface area contributed by atoms with Gasteiger partial charge in [0.1, 0.15) is 10.9 Å². The molecule has 6 nitrogen and oxygen atoms in total. The van der Waals surface area contributed by atoms with E-state index < -0.39 is 0 Å². The smallest absolute Gasteiger partial charge is 0.216 e. The van der Waals surface area contributed by atoms with Gasteiger partial charge in [0.05, 0.1) is 17.2 Å². The molecule has 0 unspecified atom stereocenters. The maximum absolute atomic E-state index is 5.79. The van der Waals surface area contributed by atoms with Gasteiger partial charge in [0.2, 0.25) is 5.16 Å². The number of hydrogen-bond acceptors (Lipinski definition) is 6.